The Labute approximate surface area is 154 Å². The predicted molar refractivity (Wildman–Crippen MR) is 101 cm³/mol. The zero-order valence-electron chi connectivity index (χ0n) is 15.4. The van der Waals surface area contributed by atoms with E-state index >= 15 is 0 Å². The summed E-state index contributed by atoms with van der Waals surface area (Å²) >= 11 is 0. The van der Waals surface area contributed by atoms with Crippen molar-refractivity contribution in [1.82, 2.24) is 9.78 Å². The molecule has 2 aromatic rings. The number of nitrogens with zero attached hydrogens (tertiary/aromatic N) is 2. The zero-order valence-corrected chi connectivity index (χ0v) is 15.4. The highest BCUT2D eigenvalue weighted by atomic mass is 16.7. The summed E-state index contributed by atoms with van der Waals surface area (Å²) < 4.78 is 14.6. The summed E-state index contributed by atoms with van der Waals surface area (Å²) in [5.74, 6) is -0.526. The Morgan fingerprint density at radius 1 is 1.31 bits per heavy atom. The lowest BCUT2D eigenvalue weighted by molar-refractivity contribution is -0.214. The van der Waals surface area contributed by atoms with Crippen molar-refractivity contribution >= 4 is 6.08 Å². The van der Waals surface area contributed by atoms with Crippen LogP contribution in [-0.2, 0) is 15.9 Å². The van der Waals surface area contributed by atoms with Gasteiger partial charge in [-0.25, -0.2) is 4.68 Å². The maximum atomic E-state index is 6.34. The molecular formula is C22H24N2O2. The van der Waals surface area contributed by atoms with Crippen molar-refractivity contribution in [3.05, 3.63) is 65.5 Å². The van der Waals surface area contributed by atoms with Crippen molar-refractivity contribution in [1.29, 1.82) is 0 Å². The minimum Gasteiger partial charge on any atom is -0.346 e. The highest BCUT2D eigenvalue weighted by Gasteiger charge is 2.61. The van der Waals surface area contributed by atoms with E-state index in [4.69, 9.17) is 9.47 Å². The number of hydrogen-bond acceptors (Lipinski definition) is 3. The first kappa shape index (κ1) is 16.0. The van der Waals surface area contributed by atoms with E-state index in [0.717, 1.165) is 24.9 Å². The minimum absolute atomic E-state index is 0.0112. The molecule has 0 N–H and O–H groups in total. The molecular weight excluding hydrogens is 324 g/mol. The monoisotopic (exact) mass is 348 g/mol. The molecule has 134 valence electrons. The smallest absolute Gasteiger partial charge is 0.178 e. The van der Waals surface area contributed by atoms with Crippen LogP contribution in [0.3, 0.4) is 0 Å². The van der Waals surface area contributed by atoms with Gasteiger partial charge >= 0.3 is 0 Å². The zero-order chi connectivity index (χ0) is 17.9. The molecule has 0 bridgehead atoms. The topological polar surface area (TPSA) is 36.3 Å². The highest BCUT2D eigenvalue weighted by Crippen LogP contribution is 2.59. The predicted octanol–water partition coefficient (Wildman–Crippen LogP) is 4.22. The minimum atomic E-state index is -0.526. The number of fused-ring (bicyclic) bond motifs is 3. The van der Waals surface area contributed by atoms with E-state index in [1.807, 2.05) is 12.3 Å². The Bertz CT molecular complexity index is 911. The van der Waals surface area contributed by atoms with Gasteiger partial charge in [0.15, 0.2) is 5.79 Å². The molecule has 26 heavy (non-hydrogen) atoms. The standard InChI is InChI=1S/C22H24N2O2/c1-4-19-14-25-22(26-19)10-9-17-11-20-16(12-21(17,22)3)13-23-24(20)18-7-5-15(2)6-8-18/h4-8,11,13,19H,1,9-10,12,14H2,2-3H3/t19-,21+,22-/m1/s1. The molecule has 1 aliphatic heterocycles. The van der Waals surface area contributed by atoms with Crippen LogP contribution in [0.5, 0.6) is 0 Å². The SMILES string of the molecule is C=C[C@@H]1CO[C@]2(CCC3=Cc4c(cnn4-c4ccc(C)cc4)C[C@@]32C)O1. The van der Waals surface area contributed by atoms with Crippen molar-refractivity contribution in [3.63, 3.8) is 0 Å². The van der Waals surface area contributed by atoms with Crippen LogP contribution in [0.25, 0.3) is 11.8 Å². The van der Waals surface area contributed by atoms with Gasteiger partial charge in [-0.15, -0.1) is 6.58 Å². The average molecular weight is 348 g/mol. The Balaban J connectivity index is 1.55. The highest BCUT2D eigenvalue weighted by molar-refractivity contribution is 5.62. The van der Waals surface area contributed by atoms with Gasteiger partial charge in [-0.2, -0.15) is 5.10 Å². The van der Waals surface area contributed by atoms with E-state index in [-0.39, 0.29) is 11.5 Å². The molecule has 5 rings (SSSR count). The molecule has 2 fully saturated rings. The van der Waals surface area contributed by atoms with Gasteiger partial charge in [0.25, 0.3) is 0 Å². The van der Waals surface area contributed by atoms with Gasteiger partial charge in [0.05, 0.1) is 24.2 Å². The molecule has 1 aromatic carbocycles. The van der Waals surface area contributed by atoms with Crippen molar-refractivity contribution in [2.75, 3.05) is 6.61 Å². The van der Waals surface area contributed by atoms with Gasteiger partial charge in [-0.1, -0.05) is 36.3 Å². The van der Waals surface area contributed by atoms with Gasteiger partial charge in [0, 0.05) is 11.8 Å². The summed E-state index contributed by atoms with van der Waals surface area (Å²) in [6.45, 7) is 8.85. The average Bonchev–Trinajstić information content (AvgIpc) is 3.31. The van der Waals surface area contributed by atoms with Crippen LogP contribution in [0, 0.1) is 12.3 Å². The lowest BCUT2D eigenvalue weighted by atomic mass is 9.72. The molecule has 1 saturated heterocycles. The second kappa shape index (κ2) is 5.41. The largest absolute Gasteiger partial charge is 0.346 e. The first-order valence-electron chi connectivity index (χ1n) is 9.34. The third kappa shape index (κ3) is 2.06. The van der Waals surface area contributed by atoms with Gasteiger partial charge in [0.2, 0.25) is 0 Å². The fourth-order valence-corrected chi connectivity index (χ4v) is 4.76. The van der Waals surface area contributed by atoms with Crippen molar-refractivity contribution in [2.24, 2.45) is 5.41 Å². The summed E-state index contributed by atoms with van der Waals surface area (Å²) in [6, 6.07) is 8.51. The second-order valence-corrected chi connectivity index (χ2v) is 7.94. The molecule has 1 saturated carbocycles. The first-order valence-corrected chi connectivity index (χ1v) is 9.34. The third-order valence-corrected chi connectivity index (χ3v) is 6.38. The number of aryl methyl sites for hydroxylation is 1. The van der Waals surface area contributed by atoms with Crippen LogP contribution in [-0.4, -0.2) is 28.3 Å². The van der Waals surface area contributed by atoms with E-state index < -0.39 is 5.79 Å². The first-order chi connectivity index (χ1) is 12.5. The van der Waals surface area contributed by atoms with Crippen LogP contribution in [0.15, 0.2) is 48.7 Å². The van der Waals surface area contributed by atoms with Gasteiger partial charge in [-0.3, -0.25) is 0 Å². The van der Waals surface area contributed by atoms with Gasteiger partial charge in [0.1, 0.15) is 6.10 Å². The molecule has 3 atom stereocenters. The van der Waals surface area contributed by atoms with E-state index in [1.165, 1.54) is 22.4 Å². The van der Waals surface area contributed by atoms with E-state index in [1.54, 1.807) is 0 Å². The molecule has 4 heteroatoms. The van der Waals surface area contributed by atoms with E-state index in [2.05, 4.69) is 60.5 Å². The van der Waals surface area contributed by atoms with E-state index in [0.29, 0.717) is 6.61 Å². The molecule has 2 aliphatic carbocycles. The quantitative estimate of drug-likeness (QED) is 0.763. The number of benzene rings is 1. The van der Waals surface area contributed by atoms with Crippen LogP contribution in [0.4, 0.5) is 0 Å². The Morgan fingerprint density at radius 2 is 2.12 bits per heavy atom. The van der Waals surface area contributed by atoms with Crippen molar-refractivity contribution in [2.45, 2.75) is 45.0 Å². The molecule has 1 aromatic heterocycles. The molecule has 3 aliphatic rings. The molecule has 2 heterocycles. The lowest BCUT2D eigenvalue weighted by Gasteiger charge is -2.41. The summed E-state index contributed by atoms with van der Waals surface area (Å²) in [5, 5.41) is 4.68. The normalized spacial score (nSPS) is 32.4. The molecule has 0 amide bonds. The number of rotatable bonds is 2. The third-order valence-electron chi connectivity index (χ3n) is 6.38. The lowest BCUT2D eigenvalue weighted by Crippen LogP contribution is -2.46. The second-order valence-electron chi connectivity index (χ2n) is 7.94. The fourth-order valence-electron chi connectivity index (χ4n) is 4.76. The summed E-state index contributed by atoms with van der Waals surface area (Å²) in [6.07, 6.45) is 8.95. The molecule has 0 radical (unpaired) electrons. The van der Waals surface area contributed by atoms with Crippen molar-refractivity contribution < 1.29 is 9.47 Å². The summed E-state index contributed by atoms with van der Waals surface area (Å²) in [4.78, 5) is 0. The van der Waals surface area contributed by atoms with Crippen LogP contribution in [0.1, 0.15) is 36.6 Å². The number of hydrogen-bond donors (Lipinski definition) is 0. The molecule has 1 spiro atoms. The number of ether oxygens (including phenoxy) is 2. The fraction of sp³-hybridized carbons (Fsp3) is 0.409. The molecule has 4 nitrogen and oxygen atoms in total. The Hall–Kier alpha value is -2.17. The maximum Gasteiger partial charge on any atom is 0.178 e. The van der Waals surface area contributed by atoms with E-state index in [9.17, 15) is 0 Å². The van der Waals surface area contributed by atoms with Crippen LogP contribution in [0.2, 0.25) is 0 Å². The molecule has 0 unspecified atom stereocenters. The van der Waals surface area contributed by atoms with Crippen molar-refractivity contribution in [3.8, 4) is 5.69 Å². The number of aromatic nitrogens is 2. The Kier molecular flexibility index (Phi) is 3.34. The van der Waals surface area contributed by atoms with Gasteiger partial charge in [-0.05, 0) is 43.5 Å². The summed E-state index contributed by atoms with van der Waals surface area (Å²) in [7, 11) is 0. The maximum absolute atomic E-state index is 6.34. The Morgan fingerprint density at radius 3 is 2.85 bits per heavy atom. The van der Waals surface area contributed by atoms with Crippen LogP contribution >= 0.6 is 0 Å². The summed E-state index contributed by atoms with van der Waals surface area (Å²) in [5.41, 5.74) is 6.07. The van der Waals surface area contributed by atoms with Crippen LogP contribution < -0.4 is 0 Å². The van der Waals surface area contributed by atoms with Gasteiger partial charge < -0.3 is 9.47 Å².